The van der Waals surface area contributed by atoms with Crippen molar-refractivity contribution in [2.75, 3.05) is 12.3 Å². The minimum absolute atomic E-state index is 0.0490. The van der Waals surface area contributed by atoms with Gasteiger partial charge in [-0.25, -0.2) is 15.0 Å². The molecular formula is C20H21N7O. The molecule has 8 nitrogen and oxygen atoms in total. The van der Waals surface area contributed by atoms with Crippen molar-refractivity contribution >= 4 is 33.8 Å². The molecule has 0 unspecified atom stereocenters. The van der Waals surface area contributed by atoms with Crippen LogP contribution in [0, 0.1) is 0 Å². The maximum atomic E-state index is 12.2. The van der Waals surface area contributed by atoms with Crippen molar-refractivity contribution in [1.82, 2.24) is 29.4 Å². The van der Waals surface area contributed by atoms with Crippen LogP contribution in [0.15, 0.2) is 30.7 Å². The van der Waals surface area contributed by atoms with Gasteiger partial charge in [0.05, 0.1) is 23.2 Å². The Hall–Kier alpha value is -3.42. The number of anilines is 1. The number of aromatic nitrogens is 5. The van der Waals surface area contributed by atoms with Crippen molar-refractivity contribution in [1.29, 1.82) is 0 Å². The minimum atomic E-state index is -0.333. The van der Waals surface area contributed by atoms with Gasteiger partial charge in [0.15, 0.2) is 0 Å². The van der Waals surface area contributed by atoms with Gasteiger partial charge in [-0.05, 0) is 32.0 Å². The van der Waals surface area contributed by atoms with E-state index >= 15 is 0 Å². The SMILES string of the molecule is CC(=O)N1Cc2c(-c3cc4cccnc4[nH]3)c3c(N)ncnc3n2C(C)(C)C1. The third-order valence-corrected chi connectivity index (χ3v) is 5.51. The quantitative estimate of drug-likeness (QED) is 0.532. The van der Waals surface area contributed by atoms with Crippen LogP contribution in [0.25, 0.3) is 33.3 Å². The Morgan fingerprint density at radius 2 is 2.11 bits per heavy atom. The lowest BCUT2D eigenvalue weighted by molar-refractivity contribution is -0.131. The van der Waals surface area contributed by atoms with E-state index in [2.05, 4.69) is 44.4 Å². The highest BCUT2D eigenvalue weighted by Crippen LogP contribution is 2.42. The zero-order valence-electron chi connectivity index (χ0n) is 16.0. The smallest absolute Gasteiger partial charge is 0.219 e. The molecule has 1 aliphatic heterocycles. The maximum absolute atomic E-state index is 12.2. The summed E-state index contributed by atoms with van der Waals surface area (Å²) in [5, 5.41) is 1.82. The normalized spacial score (nSPS) is 15.9. The number of amides is 1. The van der Waals surface area contributed by atoms with Crippen LogP contribution in [0.3, 0.4) is 0 Å². The summed E-state index contributed by atoms with van der Waals surface area (Å²) in [6, 6.07) is 5.98. The number of fused-ring (bicyclic) bond motifs is 4. The number of nitrogens with zero attached hydrogens (tertiary/aromatic N) is 5. The fourth-order valence-electron chi connectivity index (χ4n) is 4.36. The summed E-state index contributed by atoms with van der Waals surface area (Å²) in [5.74, 6) is 0.478. The number of H-pyrrole nitrogens is 1. The first-order valence-electron chi connectivity index (χ1n) is 9.20. The predicted molar refractivity (Wildman–Crippen MR) is 107 cm³/mol. The molecule has 8 heteroatoms. The summed E-state index contributed by atoms with van der Waals surface area (Å²) >= 11 is 0. The van der Waals surface area contributed by atoms with Crippen LogP contribution in [-0.2, 0) is 16.9 Å². The molecule has 5 rings (SSSR count). The van der Waals surface area contributed by atoms with Crippen LogP contribution in [0.1, 0.15) is 26.5 Å². The predicted octanol–water partition coefficient (Wildman–Crippen LogP) is 2.65. The number of carbonyl (C=O) groups is 1. The molecule has 4 aromatic heterocycles. The van der Waals surface area contributed by atoms with Gasteiger partial charge in [0.25, 0.3) is 0 Å². The Labute approximate surface area is 161 Å². The molecule has 3 N–H and O–H groups in total. The van der Waals surface area contributed by atoms with Crippen molar-refractivity contribution < 1.29 is 4.79 Å². The summed E-state index contributed by atoms with van der Waals surface area (Å²) in [6.07, 6.45) is 3.25. The highest BCUT2D eigenvalue weighted by Gasteiger charge is 2.38. The lowest BCUT2D eigenvalue weighted by atomic mass is 9.99. The Bertz CT molecular complexity index is 1220. The van der Waals surface area contributed by atoms with Crippen LogP contribution in [0.5, 0.6) is 0 Å². The first kappa shape index (κ1) is 16.7. The number of aromatic amines is 1. The van der Waals surface area contributed by atoms with Gasteiger partial charge >= 0.3 is 0 Å². The number of pyridine rings is 1. The van der Waals surface area contributed by atoms with E-state index < -0.39 is 0 Å². The lowest BCUT2D eigenvalue weighted by Crippen LogP contribution is -2.48. The van der Waals surface area contributed by atoms with Crippen LogP contribution < -0.4 is 5.73 Å². The average molecular weight is 375 g/mol. The monoisotopic (exact) mass is 375 g/mol. The summed E-state index contributed by atoms with van der Waals surface area (Å²) in [5.41, 5.74) is 10.4. The van der Waals surface area contributed by atoms with Gasteiger partial charge in [-0.3, -0.25) is 4.79 Å². The second-order valence-corrected chi connectivity index (χ2v) is 7.93. The summed E-state index contributed by atoms with van der Waals surface area (Å²) in [4.78, 5) is 30.7. The van der Waals surface area contributed by atoms with Gasteiger partial charge in [0, 0.05) is 36.3 Å². The molecule has 0 saturated heterocycles. The molecular weight excluding hydrogens is 354 g/mol. The van der Waals surface area contributed by atoms with Crippen LogP contribution in [-0.4, -0.2) is 41.9 Å². The molecule has 0 fully saturated rings. The molecule has 28 heavy (non-hydrogen) atoms. The Balaban J connectivity index is 1.89. The second-order valence-electron chi connectivity index (χ2n) is 7.93. The minimum Gasteiger partial charge on any atom is -0.383 e. The van der Waals surface area contributed by atoms with Crippen molar-refractivity contribution in [3.63, 3.8) is 0 Å². The van der Waals surface area contributed by atoms with E-state index in [1.54, 1.807) is 13.1 Å². The zero-order chi connectivity index (χ0) is 19.6. The molecule has 0 aromatic carbocycles. The molecule has 142 valence electrons. The van der Waals surface area contributed by atoms with Crippen molar-refractivity contribution in [2.45, 2.75) is 32.9 Å². The number of carbonyl (C=O) groups excluding carboxylic acids is 1. The fourth-order valence-corrected chi connectivity index (χ4v) is 4.36. The Kier molecular flexibility index (Phi) is 3.31. The van der Waals surface area contributed by atoms with Gasteiger partial charge in [0.2, 0.25) is 5.91 Å². The van der Waals surface area contributed by atoms with E-state index in [0.717, 1.165) is 39.0 Å². The largest absolute Gasteiger partial charge is 0.383 e. The summed E-state index contributed by atoms with van der Waals surface area (Å²) in [6.45, 7) is 6.93. The molecule has 4 aromatic rings. The number of rotatable bonds is 1. The highest BCUT2D eigenvalue weighted by atomic mass is 16.2. The molecule has 0 saturated carbocycles. The van der Waals surface area contributed by atoms with Crippen molar-refractivity contribution in [3.05, 3.63) is 36.4 Å². The molecule has 1 amide bonds. The lowest BCUT2D eigenvalue weighted by Gasteiger charge is -2.40. The van der Waals surface area contributed by atoms with E-state index in [-0.39, 0.29) is 11.4 Å². The van der Waals surface area contributed by atoms with Crippen LogP contribution in [0.4, 0.5) is 5.82 Å². The number of nitrogen functional groups attached to an aromatic ring is 1. The van der Waals surface area contributed by atoms with Gasteiger partial charge < -0.3 is 20.2 Å². The van der Waals surface area contributed by atoms with Crippen molar-refractivity contribution in [2.24, 2.45) is 0 Å². The number of nitrogens with one attached hydrogen (secondary N) is 1. The third-order valence-electron chi connectivity index (χ3n) is 5.51. The molecule has 0 spiro atoms. The van der Waals surface area contributed by atoms with E-state index in [1.165, 1.54) is 6.33 Å². The van der Waals surface area contributed by atoms with E-state index in [0.29, 0.717) is 18.9 Å². The highest BCUT2D eigenvalue weighted by molar-refractivity contribution is 6.03. The second kappa shape index (κ2) is 5.54. The Morgan fingerprint density at radius 1 is 1.29 bits per heavy atom. The molecule has 0 atom stereocenters. The van der Waals surface area contributed by atoms with E-state index in [1.807, 2.05) is 17.0 Å². The van der Waals surface area contributed by atoms with Gasteiger partial charge in [-0.1, -0.05) is 0 Å². The van der Waals surface area contributed by atoms with Crippen LogP contribution >= 0.6 is 0 Å². The molecule has 5 heterocycles. The van der Waals surface area contributed by atoms with E-state index in [4.69, 9.17) is 5.73 Å². The molecule has 1 aliphatic rings. The zero-order valence-corrected chi connectivity index (χ0v) is 16.0. The van der Waals surface area contributed by atoms with Crippen molar-refractivity contribution in [3.8, 4) is 11.3 Å². The molecule has 0 bridgehead atoms. The third kappa shape index (κ3) is 2.24. The average Bonchev–Trinajstić information content (AvgIpc) is 3.20. The van der Waals surface area contributed by atoms with Crippen LogP contribution in [0.2, 0.25) is 0 Å². The van der Waals surface area contributed by atoms with Gasteiger partial charge in [-0.2, -0.15) is 0 Å². The number of nitrogens with two attached hydrogens (primary N) is 1. The number of hydrogen-bond acceptors (Lipinski definition) is 5. The fraction of sp³-hybridized carbons (Fsp3) is 0.300. The summed E-state index contributed by atoms with van der Waals surface area (Å²) < 4.78 is 2.20. The topological polar surface area (TPSA) is 106 Å². The van der Waals surface area contributed by atoms with E-state index in [9.17, 15) is 4.79 Å². The maximum Gasteiger partial charge on any atom is 0.219 e. The molecule has 0 aliphatic carbocycles. The molecule has 0 radical (unpaired) electrons. The first-order chi connectivity index (χ1) is 13.4. The standard InChI is InChI=1S/C20H21N7O/c1-11(28)26-8-14-15(13-7-12-5-4-6-22-18(12)25-13)16-17(21)23-10-24-19(16)27(14)20(2,3)9-26/h4-7,10H,8-9H2,1-3H3,(H,22,25)(H2,21,23,24). The van der Waals surface area contributed by atoms with Gasteiger partial charge in [-0.15, -0.1) is 0 Å². The first-order valence-corrected chi connectivity index (χ1v) is 9.20. The summed E-state index contributed by atoms with van der Waals surface area (Å²) in [7, 11) is 0. The number of hydrogen-bond donors (Lipinski definition) is 2. The van der Waals surface area contributed by atoms with Gasteiger partial charge in [0.1, 0.15) is 23.4 Å². The Morgan fingerprint density at radius 3 is 2.86 bits per heavy atom.